The first kappa shape index (κ1) is 18.6. The van der Waals surface area contributed by atoms with Crippen molar-refractivity contribution in [3.8, 4) is 5.75 Å². The fourth-order valence-corrected chi connectivity index (χ4v) is 2.89. The molecule has 0 bridgehead atoms. The van der Waals surface area contributed by atoms with E-state index in [2.05, 4.69) is 51.6 Å². The number of hydrogen-bond acceptors (Lipinski definition) is 2. The minimum atomic E-state index is 0. The van der Waals surface area contributed by atoms with Gasteiger partial charge < -0.3 is 15.0 Å². The van der Waals surface area contributed by atoms with Gasteiger partial charge in [-0.15, -0.1) is 24.0 Å². The summed E-state index contributed by atoms with van der Waals surface area (Å²) < 4.78 is 5.96. The number of fused-ring (bicyclic) bond motifs is 1. The summed E-state index contributed by atoms with van der Waals surface area (Å²) in [5, 5.41) is 3.42. The molecule has 1 N–H and O–H groups in total. The summed E-state index contributed by atoms with van der Waals surface area (Å²) >= 11 is 0. The van der Waals surface area contributed by atoms with Crippen molar-refractivity contribution in [1.82, 2.24) is 10.2 Å². The third-order valence-electron chi connectivity index (χ3n) is 4.04. The van der Waals surface area contributed by atoms with Crippen LogP contribution >= 0.6 is 24.0 Å². The van der Waals surface area contributed by atoms with Gasteiger partial charge in [-0.25, -0.2) is 0 Å². The van der Waals surface area contributed by atoms with Crippen LogP contribution in [0.25, 0.3) is 0 Å². The Morgan fingerprint density at radius 1 is 1.17 bits per heavy atom. The first-order valence-corrected chi connectivity index (χ1v) is 7.96. The van der Waals surface area contributed by atoms with E-state index < -0.39 is 0 Å². The number of nitrogens with one attached hydrogen (secondary N) is 1. The average molecular weight is 437 g/mol. The van der Waals surface area contributed by atoms with Crippen LogP contribution in [-0.4, -0.2) is 37.6 Å². The van der Waals surface area contributed by atoms with Gasteiger partial charge in [0.05, 0.1) is 6.54 Å². The Morgan fingerprint density at radius 2 is 1.88 bits per heavy atom. The van der Waals surface area contributed by atoms with E-state index in [0.29, 0.717) is 0 Å². The van der Waals surface area contributed by atoms with E-state index in [-0.39, 0.29) is 30.1 Å². The number of benzene rings is 2. The van der Waals surface area contributed by atoms with Crippen molar-refractivity contribution in [2.24, 2.45) is 4.99 Å². The molecule has 1 aliphatic rings. The van der Waals surface area contributed by atoms with Crippen LogP contribution in [0.1, 0.15) is 11.1 Å². The molecule has 0 fully saturated rings. The molecule has 4 nitrogen and oxygen atoms in total. The fourth-order valence-electron chi connectivity index (χ4n) is 2.89. The van der Waals surface area contributed by atoms with E-state index >= 15 is 0 Å². The molecule has 1 atom stereocenters. The second-order valence-electron chi connectivity index (χ2n) is 5.82. The van der Waals surface area contributed by atoms with Crippen molar-refractivity contribution >= 4 is 29.9 Å². The highest BCUT2D eigenvalue weighted by molar-refractivity contribution is 14.0. The molecular formula is C19H24IN3O. The number of ether oxygens (including phenoxy) is 1. The summed E-state index contributed by atoms with van der Waals surface area (Å²) in [6, 6.07) is 18.6. The quantitative estimate of drug-likeness (QED) is 0.453. The first-order chi connectivity index (χ1) is 11.3. The number of aliphatic imine (C=N–C) groups is 1. The highest BCUT2D eigenvalue weighted by atomic mass is 127. The van der Waals surface area contributed by atoms with Crippen LogP contribution in [0.4, 0.5) is 0 Å². The minimum absolute atomic E-state index is 0. The van der Waals surface area contributed by atoms with Crippen LogP contribution in [0.5, 0.6) is 5.75 Å². The van der Waals surface area contributed by atoms with Crippen LogP contribution in [0, 0.1) is 0 Å². The van der Waals surface area contributed by atoms with Gasteiger partial charge in [-0.2, -0.15) is 0 Å². The Kier molecular flexibility index (Phi) is 6.90. The second-order valence-corrected chi connectivity index (χ2v) is 5.82. The third-order valence-corrected chi connectivity index (χ3v) is 4.04. The summed E-state index contributed by atoms with van der Waals surface area (Å²) in [6.45, 7) is 1.58. The van der Waals surface area contributed by atoms with Gasteiger partial charge in [0.25, 0.3) is 0 Å². The lowest BCUT2D eigenvalue weighted by Crippen LogP contribution is -2.42. The van der Waals surface area contributed by atoms with Gasteiger partial charge >= 0.3 is 0 Å². The lowest BCUT2D eigenvalue weighted by atomic mass is 10.1. The normalized spacial score (nSPS) is 15.9. The predicted octanol–water partition coefficient (Wildman–Crippen LogP) is 3.32. The van der Waals surface area contributed by atoms with Gasteiger partial charge in [-0.05, 0) is 17.2 Å². The van der Waals surface area contributed by atoms with Gasteiger partial charge in [0.15, 0.2) is 5.96 Å². The number of rotatable bonds is 4. The third kappa shape index (κ3) is 4.63. The summed E-state index contributed by atoms with van der Waals surface area (Å²) in [7, 11) is 3.86. The summed E-state index contributed by atoms with van der Waals surface area (Å²) in [4.78, 5) is 6.49. The fraction of sp³-hybridized carbons (Fsp3) is 0.316. The van der Waals surface area contributed by atoms with Crippen molar-refractivity contribution in [2.75, 3.05) is 20.6 Å². The van der Waals surface area contributed by atoms with E-state index in [9.17, 15) is 0 Å². The van der Waals surface area contributed by atoms with Gasteiger partial charge in [-0.1, -0.05) is 48.5 Å². The Morgan fingerprint density at radius 3 is 2.58 bits per heavy atom. The maximum absolute atomic E-state index is 5.96. The van der Waals surface area contributed by atoms with Crippen LogP contribution in [0.15, 0.2) is 59.6 Å². The average Bonchev–Trinajstić information content (AvgIpc) is 2.99. The Hall–Kier alpha value is -1.76. The molecule has 0 amide bonds. The van der Waals surface area contributed by atoms with Gasteiger partial charge in [-0.3, -0.25) is 4.99 Å². The Balaban J connectivity index is 0.00000208. The first-order valence-electron chi connectivity index (χ1n) is 7.96. The molecule has 0 aromatic heterocycles. The lowest BCUT2D eigenvalue weighted by Gasteiger charge is -2.23. The van der Waals surface area contributed by atoms with E-state index in [1.54, 1.807) is 0 Å². The van der Waals surface area contributed by atoms with Crippen LogP contribution in [0.3, 0.4) is 0 Å². The molecule has 0 aliphatic carbocycles. The highest BCUT2D eigenvalue weighted by Crippen LogP contribution is 2.27. The lowest BCUT2D eigenvalue weighted by molar-refractivity contribution is 0.233. The molecule has 0 saturated carbocycles. The maximum atomic E-state index is 5.96. The molecule has 2 aromatic carbocycles. The standard InChI is InChI=1S/C19H23N3O.HI/c1-20-19(22(2)14-15-8-4-3-5-9-15)21-13-17-12-16-10-6-7-11-18(16)23-17;/h3-11,17H,12-14H2,1-2H3,(H,20,21);1H. The van der Waals surface area contributed by atoms with E-state index in [0.717, 1.165) is 31.2 Å². The molecule has 3 rings (SSSR count). The molecule has 2 aromatic rings. The van der Waals surface area contributed by atoms with E-state index in [4.69, 9.17) is 4.74 Å². The smallest absolute Gasteiger partial charge is 0.193 e. The SMILES string of the molecule is CN=C(NCC1Cc2ccccc2O1)N(C)Cc1ccccc1.I. The molecule has 1 heterocycles. The Labute approximate surface area is 160 Å². The summed E-state index contributed by atoms with van der Waals surface area (Å²) in [5.74, 6) is 1.89. The predicted molar refractivity (Wildman–Crippen MR) is 109 cm³/mol. The zero-order valence-electron chi connectivity index (χ0n) is 14.1. The van der Waals surface area contributed by atoms with Crippen LogP contribution < -0.4 is 10.1 Å². The monoisotopic (exact) mass is 437 g/mol. The van der Waals surface area contributed by atoms with Crippen molar-refractivity contribution in [1.29, 1.82) is 0 Å². The van der Waals surface area contributed by atoms with Crippen molar-refractivity contribution in [3.63, 3.8) is 0 Å². The molecule has 128 valence electrons. The number of halogens is 1. The molecule has 0 saturated heterocycles. The number of guanidine groups is 1. The van der Waals surface area contributed by atoms with Crippen LogP contribution in [-0.2, 0) is 13.0 Å². The number of hydrogen-bond donors (Lipinski definition) is 1. The zero-order chi connectivity index (χ0) is 16.1. The van der Waals surface area contributed by atoms with Gasteiger partial charge in [0.2, 0.25) is 0 Å². The molecule has 1 aliphatic heterocycles. The molecule has 0 spiro atoms. The maximum Gasteiger partial charge on any atom is 0.193 e. The van der Waals surface area contributed by atoms with Gasteiger partial charge in [0, 0.05) is 27.1 Å². The van der Waals surface area contributed by atoms with Crippen LogP contribution in [0.2, 0.25) is 0 Å². The topological polar surface area (TPSA) is 36.9 Å². The number of nitrogens with zero attached hydrogens (tertiary/aromatic N) is 2. The molecule has 24 heavy (non-hydrogen) atoms. The summed E-state index contributed by atoms with van der Waals surface area (Å²) in [6.07, 6.45) is 1.11. The highest BCUT2D eigenvalue weighted by Gasteiger charge is 2.22. The van der Waals surface area contributed by atoms with Gasteiger partial charge in [0.1, 0.15) is 11.9 Å². The van der Waals surface area contributed by atoms with E-state index in [1.807, 2.05) is 32.3 Å². The molecule has 5 heteroatoms. The molecule has 0 radical (unpaired) electrons. The van der Waals surface area contributed by atoms with E-state index in [1.165, 1.54) is 11.1 Å². The van der Waals surface area contributed by atoms with Crippen molar-refractivity contribution < 1.29 is 4.74 Å². The molecular weight excluding hydrogens is 413 g/mol. The van der Waals surface area contributed by atoms with Crippen molar-refractivity contribution in [2.45, 2.75) is 19.1 Å². The summed E-state index contributed by atoms with van der Waals surface area (Å²) in [5.41, 5.74) is 2.55. The zero-order valence-corrected chi connectivity index (χ0v) is 16.4. The minimum Gasteiger partial charge on any atom is -0.488 e. The second kappa shape index (κ2) is 8.92. The Bertz CT molecular complexity index is 650. The largest absolute Gasteiger partial charge is 0.488 e. The molecule has 1 unspecified atom stereocenters. The van der Waals surface area contributed by atoms with Crippen molar-refractivity contribution in [3.05, 3.63) is 65.7 Å². The number of para-hydroxylation sites is 1.